The van der Waals surface area contributed by atoms with Crippen molar-refractivity contribution in [3.63, 3.8) is 0 Å². The maximum Gasteiger partial charge on any atom is 0.161 e. The summed E-state index contributed by atoms with van der Waals surface area (Å²) in [6.07, 6.45) is 6.75. The van der Waals surface area contributed by atoms with Gasteiger partial charge in [-0.2, -0.15) is 0 Å². The molecule has 7 heteroatoms. The van der Waals surface area contributed by atoms with E-state index in [1.54, 1.807) is 0 Å². The fourth-order valence-corrected chi connectivity index (χ4v) is 5.14. The minimum Gasteiger partial charge on any atom is -0.379 e. The minimum absolute atomic E-state index is 0.581. The normalized spacial score (nSPS) is 21.7. The van der Waals surface area contributed by atoms with E-state index in [9.17, 15) is 0 Å². The van der Waals surface area contributed by atoms with Crippen LogP contribution in [0, 0.1) is 0 Å². The lowest BCUT2D eigenvalue weighted by atomic mass is 10.0. The van der Waals surface area contributed by atoms with Crippen LogP contribution in [0.15, 0.2) is 30.5 Å². The molecule has 1 aromatic heterocycles. The Balaban J connectivity index is 1.23. The number of piperidine rings is 1. The van der Waals surface area contributed by atoms with E-state index < -0.39 is 0 Å². The maximum atomic E-state index is 5.46. The molecule has 0 amide bonds. The number of likely N-dealkylation sites (N-methyl/N-ethyl adjacent to an activating group) is 1. The molecule has 32 heavy (non-hydrogen) atoms. The van der Waals surface area contributed by atoms with Crippen LogP contribution in [0.5, 0.6) is 0 Å². The minimum atomic E-state index is 0.581. The number of morpholine rings is 1. The third-order valence-electron chi connectivity index (χ3n) is 7.12. The molecule has 1 atom stereocenters. The molecule has 0 spiro atoms. The van der Waals surface area contributed by atoms with Gasteiger partial charge in [0, 0.05) is 74.9 Å². The molecule has 0 aliphatic carbocycles. The summed E-state index contributed by atoms with van der Waals surface area (Å²) in [4.78, 5) is 17.1. The molecule has 172 valence electrons. The third kappa shape index (κ3) is 4.90. The number of hydrogen-bond donors (Lipinski definition) is 1. The summed E-state index contributed by atoms with van der Waals surface area (Å²) < 4.78 is 5.46. The highest BCUT2D eigenvalue weighted by Gasteiger charge is 2.23. The first kappa shape index (κ1) is 21.6. The third-order valence-corrected chi connectivity index (χ3v) is 7.12. The molecule has 0 unspecified atom stereocenters. The second-order valence-corrected chi connectivity index (χ2v) is 9.21. The summed E-state index contributed by atoms with van der Waals surface area (Å²) in [5.41, 5.74) is 3.67. The van der Waals surface area contributed by atoms with E-state index in [0.717, 1.165) is 89.1 Å². The quantitative estimate of drug-likeness (QED) is 0.715. The van der Waals surface area contributed by atoms with E-state index in [2.05, 4.69) is 51.3 Å². The summed E-state index contributed by atoms with van der Waals surface area (Å²) in [5.74, 6) is 1.97. The van der Waals surface area contributed by atoms with Crippen LogP contribution in [0.25, 0.3) is 11.4 Å². The van der Waals surface area contributed by atoms with E-state index in [1.165, 1.54) is 24.1 Å². The molecule has 2 aromatic rings. The number of hydrogen-bond acceptors (Lipinski definition) is 7. The number of nitrogens with zero attached hydrogens (tertiary/aromatic N) is 5. The molecule has 1 aromatic carbocycles. The fraction of sp³-hybridized carbons (Fsp3) is 0.600. The number of rotatable bonds is 7. The van der Waals surface area contributed by atoms with Gasteiger partial charge in [0.15, 0.2) is 5.82 Å². The van der Waals surface area contributed by atoms with Gasteiger partial charge in [-0.3, -0.25) is 4.90 Å². The van der Waals surface area contributed by atoms with Crippen molar-refractivity contribution in [2.75, 3.05) is 75.9 Å². The van der Waals surface area contributed by atoms with Crippen LogP contribution in [0.2, 0.25) is 0 Å². The Kier molecular flexibility index (Phi) is 6.86. The standard InChI is InChI=1S/C25H36N6O/c1-26-22-4-2-11-31(19-22)23-7-5-20(6-8-23)24-27-18-21-9-13-30(25(21)28-24)12-3-10-29-14-16-32-17-15-29/h5-8,18,22,26H,2-4,9-17,19H2,1H3/t22-/m1/s1. The number of fused-ring (bicyclic) bond motifs is 1. The Hall–Kier alpha value is -2.22. The molecule has 2 fully saturated rings. The Morgan fingerprint density at radius 3 is 2.72 bits per heavy atom. The highest BCUT2D eigenvalue weighted by molar-refractivity contribution is 5.64. The average Bonchev–Trinajstić information content (AvgIpc) is 3.27. The molecular formula is C25H36N6O. The molecule has 0 saturated carbocycles. The average molecular weight is 437 g/mol. The fourth-order valence-electron chi connectivity index (χ4n) is 5.14. The van der Waals surface area contributed by atoms with Gasteiger partial charge in [0.1, 0.15) is 5.82 Å². The van der Waals surface area contributed by atoms with Crippen LogP contribution in [0.1, 0.15) is 24.8 Å². The van der Waals surface area contributed by atoms with Gasteiger partial charge >= 0.3 is 0 Å². The predicted molar refractivity (Wildman–Crippen MR) is 130 cm³/mol. The zero-order chi connectivity index (χ0) is 21.8. The van der Waals surface area contributed by atoms with Crippen LogP contribution in [0.4, 0.5) is 11.5 Å². The Labute approximate surface area is 191 Å². The molecule has 4 heterocycles. The van der Waals surface area contributed by atoms with Crippen LogP contribution in [-0.2, 0) is 11.2 Å². The van der Waals surface area contributed by atoms with E-state index in [1.807, 2.05) is 6.20 Å². The summed E-state index contributed by atoms with van der Waals surface area (Å²) in [6.45, 7) is 9.32. The summed E-state index contributed by atoms with van der Waals surface area (Å²) in [5, 5.41) is 3.43. The van der Waals surface area contributed by atoms with Gasteiger partial charge in [0.05, 0.1) is 13.2 Å². The van der Waals surface area contributed by atoms with Crippen molar-refractivity contribution >= 4 is 11.5 Å². The van der Waals surface area contributed by atoms with Crippen molar-refractivity contribution < 1.29 is 4.74 Å². The second kappa shape index (κ2) is 10.1. The van der Waals surface area contributed by atoms with Crippen molar-refractivity contribution in [2.24, 2.45) is 0 Å². The van der Waals surface area contributed by atoms with Gasteiger partial charge in [-0.15, -0.1) is 0 Å². The van der Waals surface area contributed by atoms with E-state index in [0.29, 0.717) is 6.04 Å². The van der Waals surface area contributed by atoms with E-state index in [4.69, 9.17) is 14.7 Å². The molecule has 0 radical (unpaired) electrons. The highest BCUT2D eigenvalue weighted by atomic mass is 16.5. The summed E-state index contributed by atoms with van der Waals surface area (Å²) in [7, 11) is 2.06. The topological polar surface area (TPSA) is 56.8 Å². The first-order valence-corrected chi connectivity index (χ1v) is 12.2. The van der Waals surface area contributed by atoms with Crippen molar-refractivity contribution in [1.29, 1.82) is 0 Å². The lowest BCUT2D eigenvalue weighted by Crippen LogP contribution is -2.44. The Morgan fingerprint density at radius 2 is 1.91 bits per heavy atom. The van der Waals surface area contributed by atoms with Crippen LogP contribution in [-0.4, -0.2) is 87.0 Å². The SMILES string of the molecule is CN[C@@H]1CCCN(c2ccc(-c3ncc4c(n3)N(CCCN3CCOCC3)CC4)cc2)C1. The molecule has 5 rings (SSSR count). The number of aromatic nitrogens is 2. The molecule has 2 saturated heterocycles. The number of ether oxygens (including phenoxy) is 1. The molecule has 3 aliphatic heterocycles. The number of anilines is 2. The molecular weight excluding hydrogens is 400 g/mol. The monoisotopic (exact) mass is 436 g/mol. The van der Waals surface area contributed by atoms with Crippen molar-refractivity contribution in [3.05, 3.63) is 36.0 Å². The Bertz CT molecular complexity index is 883. The Morgan fingerprint density at radius 1 is 1.06 bits per heavy atom. The van der Waals surface area contributed by atoms with Crippen LogP contribution < -0.4 is 15.1 Å². The first-order chi connectivity index (χ1) is 15.8. The van der Waals surface area contributed by atoms with Crippen molar-refractivity contribution in [2.45, 2.75) is 31.7 Å². The van der Waals surface area contributed by atoms with Crippen LogP contribution in [0.3, 0.4) is 0 Å². The first-order valence-electron chi connectivity index (χ1n) is 12.2. The lowest BCUT2D eigenvalue weighted by Gasteiger charge is -2.34. The van der Waals surface area contributed by atoms with Gasteiger partial charge in [-0.05, 0) is 57.0 Å². The molecule has 1 N–H and O–H groups in total. The zero-order valence-electron chi connectivity index (χ0n) is 19.3. The van der Waals surface area contributed by atoms with E-state index >= 15 is 0 Å². The molecule has 3 aliphatic rings. The molecule has 0 bridgehead atoms. The zero-order valence-corrected chi connectivity index (χ0v) is 19.3. The smallest absolute Gasteiger partial charge is 0.161 e. The van der Waals surface area contributed by atoms with Gasteiger partial charge in [-0.25, -0.2) is 9.97 Å². The van der Waals surface area contributed by atoms with Crippen molar-refractivity contribution in [1.82, 2.24) is 20.2 Å². The number of benzene rings is 1. The van der Waals surface area contributed by atoms with Crippen LogP contribution >= 0.6 is 0 Å². The van der Waals surface area contributed by atoms with Gasteiger partial charge in [-0.1, -0.05) is 0 Å². The van der Waals surface area contributed by atoms with E-state index in [-0.39, 0.29) is 0 Å². The van der Waals surface area contributed by atoms with Crippen molar-refractivity contribution in [3.8, 4) is 11.4 Å². The summed E-state index contributed by atoms with van der Waals surface area (Å²) in [6, 6.07) is 9.39. The summed E-state index contributed by atoms with van der Waals surface area (Å²) >= 11 is 0. The lowest BCUT2D eigenvalue weighted by molar-refractivity contribution is 0.0376. The van der Waals surface area contributed by atoms with Gasteiger partial charge < -0.3 is 19.9 Å². The molecule has 7 nitrogen and oxygen atoms in total. The maximum absolute atomic E-state index is 5.46. The second-order valence-electron chi connectivity index (χ2n) is 9.21. The van der Waals surface area contributed by atoms with Gasteiger partial charge in [0.25, 0.3) is 0 Å². The predicted octanol–water partition coefficient (Wildman–Crippen LogP) is 2.42. The largest absolute Gasteiger partial charge is 0.379 e. The highest BCUT2D eigenvalue weighted by Crippen LogP contribution is 2.29. The number of nitrogens with one attached hydrogen (secondary N) is 1. The van der Waals surface area contributed by atoms with Gasteiger partial charge in [0.2, 0.25) is 0 Å².